The molecule has 1 aromatic carbocycles. The van der Waals surface area contributed by atoms with Gasteiger partial charge in [0.2, 0.25) is 6.10 Å². The number of ether oxygens (including phenoxy) is 1. The van der Waals surface area contributed by atoms with Gasteiger partial charge in [-0.15, -0.1) is 0 Å². The second-order valence-corrected chi connectivity index (χ2v) is 7.47. The standard InChI is InChI=1S/C15H14B5F3O5S/c16-1-7-8(2-17)10(4-19)13(11(5-20)9(7)3-18)14(24)28-12(15(21,22)23)6-29(25,26)27/h12H,1-6H2,(H,25,26,27). The van der Waals surface area contributed by atoms with Gasteiger partial charge in [-0.3, -0.25) is 4.55 Å². The fourth-order valence-electron chi connectivity index (χ4n) is 3.04. The molecule has 5 nitrogen and oxygen atoms in total. The zero-order valence-electron chi connectivity index (χ0n) is 15.3. The van der Waals surface area contributed by atoms with E-state index < -0.39 is 34.1 Å². The predicted molar refractivity (Wildman–Crippen MR) is 105 cm³/mol. The van der Waals surface area contributed by atoms with E-state index in [1.807, 2.05) is 0 Å². The van der Waals surface area contributed by atoms with Gasteiger partial charge in [0.25, 0.3) is 10.1 Å². The summed E-state index contributed by atoms with van der Waals surface area (Å²) in [5.74, 6) is -3.39. The maximum Gasteiger partial charge on any atom is 0.426 e. The second kappa shape index (κ2) is 10.2. The monoisotopic (exact) mass is 418 g/mol. The van der Waals surface area contributed by atoms with E-state index in [9.17, 15) is 26.4 Å². The normalized spacial score (nSPS) is 13.2. The number of alkyl halides is 3. The number of carbonyl (C=O) groups is 1. The predicted octanol–water partition coefficient (Wildman–Crippen LogP) is 0.00460. The maximum absolute atomic E-state index is 13.1. The second-order valence-electron chi connectivity index (χ2n) is 5.97. The van der Waals surface area contributed by atoms with Gasteiger partial charge in [0.05, 0.1) is 44.8 Å². The molecule has 0 aliphatic rings. The summed E-state index contributed by atoms with van der Waals surface area (Å²) in [6, 6.07) is 0. The van der Waals surface area contributed by atoms with E-state index in [-0.39, 0.29) is 48.3 Å². The highest BCUT2D eigenvalue weighted by Gasteiger charge is 2.46. The summed E-state index contributed by atoms with van der Waals surface area (Å²) in [6.45, 7) is 0. The molecule has 1 rings (SSSR count). The molecule has 0 saturated heterocycles. The van der Waals surface area contributed by atoms with Crippen LogP contribution >= 0.6 is 0 Å². The van der Waals surface area contributed by atoms with Gasteiger partial charge >= 0.3 is 12.1 Å². The van der Waals surface area contributed by atoms with Crippen molar-refractivity contribution in [1.29, 1.82) is 0 Å². The van der Waals surface area contributed by atoms with Gasteiger partial charge in [0.1, 0.15) is 5.75 Å². The van der Waals surface area contributed by atoms with Crippen molar-refractivity contribution in [3.8, 4) is 0 Å². The summed E-state index contributed by atoms with van der Waals surface area (Å²) >= 11 is 0. The Labute approximate surface area is 174 Å². The molecule has 0 spiro atoms. The van der Waals surface area contributed by atoms with E-state index in [4.69, 9.17) is 43.8 Å². The maximum atomic E-state index is 13.1. The Hall–Kier alpha value is -1.29. The zero-order chi connectivity index (χ0) is 22.6. The molecule has 10 radical (unpaired) electrons. The summed E-state index contributed by atoms with van der Waals surface area (Å²) in [4.78, 5) is 12.7. The van der Waals surface area contributed by atoms with Gasteiger partial charge < -0.3 is 4.74 Å². The highest BCUT2D eigenvalue weighted by atomic mass is 32.2. The van der Waals surface area contributed by atoms with Gasteiger partial charge in [0, 0.05) is 0 Å². The zero-order valence-corrected chi connectivity index (χ0v) is 16.1. The van der Waals surface area contributed by atoms with Crippen molar-refractivity contribution in [2.75, 3.05) is 5.75 Å². The van der Waals surface area contributed by atoms with E-state index in [0.717, 1.165) is 0 Å². The minimum atomic E-state index is -5.26. The summed E-state index contributed by atoms with van der Waals surface area (Å²) in [6.07, 6.45) is -9.33. The molecule has 1 atom stereocenters. The van der Waals surface area contributed by atoms with Crippen molar-refractivity contribution < 1.29 is 35.7 Å². The van der Waals surface area contributed by atoms with Crippen LogP contribution in [0.4, 0.5) is 13.2 Å². The topological polar surface area (TPSA) is 80.7 Å². The van der Waals surface area contributed by atoms with Crippen molar-refractivity contribution in [1.82, 2.24) is 0 Å². The molecule has 0 aliphatic carbocycles. The van der Waals surface area contributed by atoms with Crippen molar-refractivity contribution in [2.24, 2.45) is 0 Å². The highest BCUT2D eigenvalue weighted by molar-refractivity contribution is 7.85. The first-order valence-corrected chi connectivity index (χ1v) is 9.88. The van der Waals surface area contributed by atoms with Crippen molar-refractivity contribution in [2.45, 2.75) is 43.9 Å². The smallest absolute Gasteiger partial charge is 0.426 e. The van der Waals surface area contributed by atoms with E-state index in [0.29, 0.717) is 16.7 Å². The number of halogens is 3. The van der Waals surface area contributed by atoms with Gasteiger partial charge in [-0.2, -0.15) is 21.6 Å². The summed E-state index contributed by atoms with van der Waals surface area (Å²) in [5.41, 5.74) is 0.873. The molecule has 29 heavy (non-hydrogen) atoms. The van der Waals surface area contributed by atoms with Crippen LogP contribution in [0.2, 0.25) is 0 Å². The molecule has 0 heterocycles. The fourth-order valence-corrected chi connectivity index (χ4v) is 3.68. The molecule has 0 bridgehead atoms. The van der Waals surface area contributed by atoms with Crippen LogP contribution in [0, 0.1) is 0 Å². The Morgan fingerprint density at radius 2 is 1.21 bits per heavy atom. The number of hydrogen-bond acceptors (Lipinski definition) is 4. The van der Waals surface area contributed by atoms with E-state index in [1.165, 1.54) is 0 Å². The fraction of sp³-hybridized carbons (Fsp3) is 0.533. The van der Waals surface area contributed by atoms with Crippen LogP contribution in [-0.2, 0) is 46.5 Å². The first kappa shape index (κ1) is 25.8. The lowest BCUT2D eigenvalue weighted by Crippen LogP contribution is -2.40. The number of rotatable bonds is 9. The summed E-state index contributed by atoms with van der Waals surface area (Å²) < 4.78 is 74.4. The van der Waals surface area contributed by atoms with E-state index in [2.05, 4.69) is 4.74 Å². The van der Waals surface area contributed by atoms with Crippen molar-refractivity contribution >= 4 is 55.3 Å². The van der Waals surface area contributed by atoms with Crippen LogP contribution < -0.4 is 0 Å². The van der Waals surface area contributed by atoms with Gasteiger partial charge in [-0.25, -0.2) is 4.79 Å². The van der Waals surface area contributed by atoms with Crippen LogP contribution in [-0.4, -0.2) is 76.2 Å². The lowest BCUT2D eigenvalue weighted by Gasteiger charge is -2.26. The molecular weight excluding hydrogens is 403 g/mol. The van der Waals surface area contributed by atoms with Crippen LogP contribution in [0.1, 0.15) is 38.2 Å². The van der Waals surface area contributed by atoms with Crippen LogP contribution in [0.15, 0.2) is 0 Å². The third-order valence-electron chi connectivity index (χ3n) is 4.26. The van der Waals surface area contributed by atoms with Crippen LogP contribution in [0.25, 0.3) is 0 Å². The van der Waals surface area contributed by atoms with Crippen LogP contribution in [0.5, 0.6) is 0 Å². The van der Waals surface area contributed by atoms with Gasteiger partial charge in [-0.05, 0) is 11.1 Å². The van der Waals surface area contributed by atoms with Crippen molar-refractivity contribution in [3.05, 3.63) is 33.4 Å². The molecule has 0 amide bonds. The Morgan fingerprint density at radius 3 is 1.48 bits per heavy atom. The molecule has 1 unspecified atom stereocenters. The summed E-state index contributed by atoms with van der Waals surface area (Å²) in [7, 11) is 23.4. The van der Waals surface area contributed by atoms with Crippen molar-refractivity contribution in [3.63, 3.8) is 0 Å². The lowest BCUT2D eigenvalue weighted by atomic mass is 9.70. The largest absolute Gasteiger partial charge is 0.448 e. The average Bonchev–Trinajstić information content (AvgIpc) is 2.62. The third-order valence-corrected chi connectivity index (χ3v) is 4.99. The van der Waals surface area contributed by atoms with Crippen LogP contribution in [0.3, 0.4) is 0 Å². The molecule has 0 saturated carbocycles. The molecule has 0 aromatic heterocycles. The Morgan fingerprint density at radius 1 is 0.862 bits per heavy atom. The van der Waals surface area contributed by atoms with Gasteiger partial charge in [-0.1, -0.05) is 48.3 Å². The number of carbonyl (C=O) groups excluding carboxylic acids is 1. The molecule has 0 aliphatic heterocycles. The molecule has 146 valence electrons. The summed E-state index contributed by atoms with van der Waals surface area (Å²) in [5, 5.41) is 0. The minimum absolute atomic E-state index is 0.0394. The average molecular weight is 417 g/mol. The molecular formula is C15H14B5F3O5S. The minimum Gasteiger partial charge on any atom is -0.448 e. The first-order chi connectivity index (χ1) is 13.4. The Kier molecular flexibility index (Phi) is 9.01. The lowest BCUT2D eigenvalue weighted by molar-refractivity contribution is -0.197. The number of benzene rings is 1. The Balaban J connectivity index is 3.68. The first-order valence-electron chi connectivity index (χ1n) is 8.27. The SMILES string of the molecule is [B]Cc1c(C[B])c(C[B])c(C(=O)OC(CS(=O)(=O)O)C(F)(F)F)c(C[B])c1C[B]. The van der Waals surface area contributed by atoms with Gasteiger partial charge in [0.15, 0.2) is 0 Å². The Bertz CT molecular complexity index is 828. The molecule has 1 aromatic rings. The van der Waals surface area contributed by atoms with E-state index >= 15 is 0 Å². The number of hydrogen-bond donors (Lipinski definition) is 1. The molecule has 0 fully saturated rings. The van der Waals surface area contributed by atoms with E-state index in [1.54, 1.807) is 0 Å². The number of esters is 1. The molecule has 14 heteroatoms. The molecule has 1 N–H and O–H groups in total. The third kappa shape index (κ3) is 6.10. The highest BCUT2D eigenvalue weighted by Crippen LogP contribution is 2.32. The quantitative estimate of drug-likeness (QED) is 0.348.